The molecular weight excluding hydrogens is 246 g/mol. The molecule has 1 aromatic heterocycles. The Balaban J connectivity index is 2.06. The number of thiazole rings is 1. The fourth-order valence-corrected chi connectivity index (χ4v) is 3.44. The van der Waals surface area contributed by atoms with Gasteiger partial charge in [0.2, 0.25) is 0 Å². The van der Waals surface area contributed by atoms with E-state index in [-0.39, 0.29) is 12.2 Å². The summed E-state index contributed by atoms with van der Waals surface area (Å²) < 4.78 is 0. The summed E-state index contributed by atoms with van der Waals surface area (Å²) in [5, 5.41) is 11.3. The highest BCUT2D eigenvalue weighted by molar-refractivity contribution is 7.11. The fourth-order valence-electron chi connectivity index (χ4n) is 2.51. The van der Waals surface area contributed by atoms with Gasteiger partial charge in [-0.05, 0) is 26.7 Å². The molecule has 0 aliphatic heterocycles. The van der Waals surface area contributed by atoms with Crippen LogP contribution in [-0.2, 0) is 11.2 Å². The van der Waals surface area contributed by atoms with Crippen LogP contribution in [0.4, 0.5) is 0 Å². The maximum Gasteiger partial charge on any atom is 0.171 e. The molecule has 2 rings (SSSR count). The van der Waals surface area contributed by atoms with Gasteiger partial charge in [-0.15, -0.1) is 11.3 Å². The molecule has 1 heterocycles. The van der Waals surface area contributed by atoms with Crippen LogP contribution >= 0.6 is 11.3 Å². The fraction of sp³-hybridized carbons (Fsp3) is 0.714. The zero-order chi connectivity index (χ0) is 13.2. The third kappa shape index (κ3) is 2.98. The highest BCUT2D eigenvalue weighted by Crippen LogP contribution is 2.29. The first-order valence-electron chi connectivity index (χ1n) is 6.70. The Morgan fingerprint density at radius 1 is 1.28 bits per heavy atom. The van der Waals surface area contributed by atoms with Crippen LogP contribution in [0.1, 0.15) is 54.1 Å². The molecule has 1 fully saturated rings. The number of rotatable bonds is 3. The molecule has 1 N–H and O–H groups in total. The van der Waals surface area contributed by atoms with Crippen LogP contribution in [-0.4, -0.2) is 21.5 Å². The van der Waals surface area contributed by atoms with Gasteiger partial charge in [-0.3, -0.25) is 4.79 Å². The summed E-state index contributed by atoms with van der Waals surface area (Å²) in [5.41, 5.74) is -0.0973. The van der Waals surface area contributed by atoms with Crippen molar-refractivity contribution in [3.63, 3.8) is 0 Å². The molecule has 0 atom stereocenters. The number of hydrogen-bond acceptors (Lipinski definition) is 4. The van der Waals surface area contributed by atoms with Crippen molar-refractivity contribution in [3.8, 4) is 0 Å². The summed E-state index contributed by atoms with van der Waals surface area (Å²) >= 11 is 1.57. The molecule has 0 spiro atoms. The first-order chi connectivity index (χ1) is 8.51. The summed E-state index contributed by atoms with van der Waals surface area (Å²) in [4.78, 5) is 17.8. The zero-order valence-electron chi connectivity index (χ0n) is 11.2. The van der Waals surface area contributed by atoms with Crippen molar-refractivity contribution < 1.29 is 9.90 Å². The van der Waals surface area contributed by atoms with Crippen molar-refractivity contribution in [2.75, 3.05) is 0 Å². The van der Waals surface area contributed by atoms with Crippen molar-refractivity contribution in [2.24, 2.45) is 0 Å². The molecule has 4 heteroatoms. The molecule has 100 valence electrons. The van der Waals surface area contributed by atoms with Crippen molar-refractivity contribution in [3.05, 3.63) is 15.6 Å². The average Bonchev–Trinajstić information content (AvgIpc) is 2.54. The first kappa shape index (κ1) is 13.7. The third-order valence-corrected chi connectivity index (χ3v) is 4.91. The smallest absolute Gasteiger partial charge is 0.171 e. The van der Waals surface area contributed by atoms with Gasteiger partial charge in [-0.1, -0.05) is 25.7 Å². The zero-order valence-corrected chi connectivity index (χ0v) is 12.0. The summed E-state index contributed by atoms with van der Waals surface area (Å²) in [5.74, 6) is -0.0434. The Labute approximate surface area is 112 Å². The van der Waals surface area contributed by atoms with E-state index >= 15 is 0 Å². The van der Waals surface area contributed by atoms with Crippen molar-refractivity contribution in [1.82, 2.24) is 4.98 Å². The second-order valence-corrected chi connectivity index (χ2v) is 6.58. The van der Waals surface area contributed by atoms with E-state index in [2.05, 4.69) is 4.98 Å². The van der Waals surface area contributed by atoms with Gasteiger partial charge < -0.3 is 5.11 Å². The largest absolute Gasteiger partial charge is 0.382 e. The van der Waals surface area contributed by atoms with Gasteiger partial charge in [0.05, 0.1) is 12.1 Å². The van der Waals surface area contributed by atoms with Crippen molar-refractivity contribution in [1.29, 1.82) is 0 Å². The Hall–Kier alpha value is -0.740. The quantitative estimate of drug-likeness (QED) is 0.857. The van der Waals surface area contributed by atoms with Crippen molar-refractivity contribution >= 4 is 17.1 Å². The van der Waals surface area contributed by atoms with Crippen LogP contribution in [0.2, 0.25) is 0 Å². The van der Waals surface area contributed by atoms with E-state index in [1.54, 1.807) is 11.3 Å². The van der Waals surface area contributed by atoms with Crippen LogP contribution in [0.25, 0.3) is 0 Å². The highest BCUT2D eigenvalue weighted by Gasteiger charge is 2.35. The number of aliphatic hydroxyl groups is 1. The molecule has 1 aliphatic rings. The van der Waals surface area contributed by atoms with Gasteiger partial charge in [0.15, 0.2) is 5.78 Å². The molecule has 0 amide bonds. The summed E-state index contributed by atoms with van der Waals surface area (Å²) in [6, 6.07) is 0. The predicted molar refractivity (Wildman–Crippen MR) is 73.0 cm³/mol. The van der Waals surface area contributed by atoms with Gasteiger partial charge in [0.1, 0.15) is 10.6 Å². The topological polar surface area (TPSA) is 50.2 Å². The normalized spacial score (nSPS) is 19.5. The number of aromatic nitrogens is 1. The third-order valence-electron chi connectivity index (χ3n) is 3.83. The number of carbonyl (C=O) groups excluding carboxylic acids is 1. The molecular formula is C14H21NO2S. The molecule has 0 saturated heterocycles. The Kier molecular flexibility index (Phi) is 4.17. The molecule has 1 aromatic rings. The highest BCUT2D eigenvalue weighted by atomic mass is 32.1. The molecule has 1 aliphatic carbocycles. The molecule has 0 aromatic carbocycles. The van der Waals surface area contributed by atoms with E-state index in [1.165, 1.54) is 0 Å². The molecule has 3 nitrogen and oxygen atoms in total. The maximum absolute atomic E-state index is 12.3. The molecule has 18 heavy (non-hydrogen) atoms. The minimum Gasteiger partial charge on any atom is -0.382 e. The van der Waals surface area contributed by atoms with Gasteiger partial charge in [-0.25, -0.2) is 4.98 Å². The van der Waals surface area contributed by atoms with E-state index in [4.69, 9.17) is 0 Å². The number of nitrogens with zero attached hydrogens (tertiary/aromatic N) is 1. The van der Waals surface area contributed by atoms with E-state index in [0.717, 1.165) is 41.3 Å². The Morgan fingerprint density at radius 3 is 2.39 bits per heavy atom. The van der Waals surface area contributed by atoms with Crippen LogP contribution in [0.5, 0.6) is 0 Å². The Morgan fingerprint density at radius 2 is 1.89 bits per heavy atom. The lowest BCUT2D eigenvalue weighted by Crippen LogP contribution is -2.39. The standard InChI is InChI=1S/C14H21NO2S/c1-10-11(2)18-13(15-10)9-12(16)14(17)7-5-3-4-6-8-14/h17H,3-9H2,1-2H3. The first-order valence-corrected chi connectivity index (χ1v) is 7.51. The van der Waals surface area contributed by atoms with Gasteiger partial charge in [0, 0.05) is 4.88 Å². The molecule has 0 bridgehead atoms. The number of carbonyl (C=O) groups is 1. The van der Waals surface area contributed by atoms with Crippen LogP contribution < -0.4 is 0 Å². The van der Waals surface area contributed by atoms with Crippen LogP contribution in [0.3, 0.4) is 0 Å². The average molecular weight is 267 g/mol. The van der Waals surface area contributed by atoms with Crippen LogP contribution in [0.15, 0.2) is 0 Å². The molecule has 0 radical (unpaired) electrons. The second-order valence-electron chi connectivity index (χ2n) is 5.29. The molecule has 0 unspecified atom stereocenters. The van der Waals surface area contributed by atoms with Gasteiger partial charge in [-0.2, -0.15) is 0 Å². The van der Waals surface area contributed by atoms with E-state index < -0.39 is 5.60 Å². The lowest BCUT2D eigenvalue weighted by atomic mass is 9.88. The van der Waals surface area contributed by atoms with Gasteiger partial charge in [0.25, 0.3) is 0 Å². The minimum atomic E-state index is -1.09. The Bertz CT molecular complexity index is 412. The van der Waals surface area contributed by atoms with Gasteiger partial charge >= 0.3 is 0 Å². The van der Waals surface area contributed by atoms with Crippen molar-refractivity contribution in [2.45, 2.75) is 64.4 Å². The number of Topliss-reactive ketones (excluding diaryl/α,β-unsaturated/α-hetero) is 1. The van der Waals surface area contributed by atoms with E-state index in [9.17, 15) is 9.90 Å². The maximum atomic E-state index is 12.3. The van der Waals surface area contributed by atoms with E-state index in [0.29, 0.717) is 12.8 Å². The lowest BCUT2D eigenvalue weighted by Gasteiger charge is -2.24. The number of ketones is 1. The summed E-state index contributed by atoms with van der Waals surface area (Å²) in [6.07, 6.45) is 5.70. The summed E-state index contributed by atoms with van der Waals surface area (Å²) in [6.45, 7) is 3.97. The SMILES string of the molecule is Cc1nc(CC(=O)C2(O)CCCCCC2)sc1C. The second kappa shape index (κ2) is 5.49. The molecule has 1 saturated carbocycles. The monoisotopic (exact) mass is 267 g/mol. The van der Waals surface area contributed by atoms with E-state index in [1.807, 2.05) is 13.8 Å². The van der Waals surface area contributed by atoms with Crippen LogP contribution in [0, 0.1) is 13.8 Å². The number of aryl methyl sites for hydroxylation is 2. The minimum absolute atomic E-state index is 0.0434. The predicted octanol–water partition coefficient (Wildman–Crippen LogP) is 2.96. The number of hydrogen-bond donors (Lipinski definition) is 1. The lowest BCUT2D eigenvalue weighted by molar-refractivity contribution is -0.138. The summed E-state index contributed by atoms with van der Waals surface area (Å²) in [7, 11) is 0.